The third-order valence-corrected chi connectivity index (χ3v) is 3.08. The van der Waals surface area contributed by atoms with Crippen LogP contribution in [-0.2, 0) is 20.7 Å². The molecule has 0 aromatic heterocycles. The zero-order valence-corrected chi connectivity index (χ0v) is 11.7. The van der Waals surface area contributed by atoms with Crippen LogP contribution in [0.15, 0.2) is 30.3 Å². The molecule has 1 aliphatic rings. The van der Waals surface area contributed by atoms with E-state index < -0.39 is 11.2 Å². The topological polar surface area (TPSA) is 64.8 Å². The second-order valence-corrected chi connectivity index (χ2v) is 5.90. The second kappa shape index (κ2) is 4.94. The van der Waals surface area contributed by atoms with Gasteiger partial charge in [0.1, 0.15) is 11.7 Å². The van der Waals surface area contributed by atoms with Crippen LogP contribution in [0.25, 0.3) is 0 Å². The molecule has 4 heteroatoms. The average Bonchev–Trinajstić information content (AvgIpc) is 3.03. The lowest BCUT2D eigenvalue weighted by molar-refractivity contribution is -0.161. The minimum atomic E-state index is -0.899. The summed E-state index contributed by atoms with van der Waals surface area (Å²) in [6, 6.07) is 9.77. The first kappa shape index (κ1) is 14.0. The number of epoxide rings is 1. The van der Waals surface area contributed by atoms with E-state index in [4.69, 9.17) is 15.2 Å². The number of ether oxygens (including phenoxy) is 2. The summed E-state index contributed by atoms with van der Waals surface area (Å²) in [7, 11) is 0. The lowest BCUT2D eigenvalue weighted by Gasteiger charge is -2.22. The van der Waals surface area contributed by atoms with Crippen LogP contribution in [0, 0.1) is 0 Å². The highest BCUT2D eigenvalue weighted by Gasteiger charge is 2.63. The minimum absolute atomic E-state index is 0.248. The van der Waals surface area contributed by atoms with Gasteiger partial charge in [-0.2, -0.15) is 0 Å². The van der Waals surface area contributed by atoms with Crippen molar-refractivity contribution in [3.63, 3.8) is 0 Å². The maximum Gasteiger partial charge on any atom is 0.342 e. The van der Waals surface area contributed by atoms with Gasteiger partial charge in [-0.1, -0.05) is 30.3 Å². The van der Waals surface area contributed by atoms with Crippen LogP contribution < -0.4 is 5.73 Å². The van der Waals surface area contributed by atoms with Crippen LogP contribution in [-0.4, -0.2) is 29.8 Å². The molecule has 0 spiro atoms. The quantitative estimate of drug-likeness (QED) is 0.663. The first-order chi connectivity index (χ1) is 8.87. The Hall–Kier alpha value is -1.39. The fourth-order valence-electron chi connectivity index (χ4n) is 2.13. The number of rotatable bonds is 4. The van der Waals surface area contributed by atoms with Gasteiger partial charge in [0.15, 0.2) is 5.60 Å². The minimum Gasteiger partial charge on any atom is -0.458 e. The van der Waals surface area contributed by atoms with E-state index >= 15 is 0 Å². The summed E-state index contributed by atoms with van der Waals surface area (Å²) in [5.74, 6) is -0.320. The molecule has 1 aromatic carbocycles. The van der Waals surface area contributed by atoms with Gasteiger partial charge in [0.25, 0.3) is 0 Å². The second-order valence-electron chi connectivity index (χ2n) is 5.90. The number of nitrogens with two attached hydrogens (primary N) is 1. The highest BCUT2D eigenvalue weighted by Crippen LogP contribution is 2.41. The number of carbonyl (C=O) groups is 1. The van der Waals surface area contributed by atoms with Gasteiger partial charge in [0.05, 0.1) is 0 Å². The molecule has 0 aliphatic carbocycles. The Balaban J connectivity index is 2.14. The van der Waals surface area contributed by atoms with Crippen LogP contribution in [0.3, 0.4) is 0 Å². The monoisotopic (exact) mass is 263 g/mol. The lowest BCUT2D eigenvalue weighted by Crippen LogP contribution is -2.38. The number of hydrogen-bond donors (Lipinski definition) is 1. The molecule has 2 rings (SSSR count). The molecular formula is C15H21NO3. The smallest absolute Gasteiger partial charge is 0.342 e. The van der Waals surface area contributed by atoms with E-state index in [0.717, 1.165) is 5.56 Å². The molecule has 2 atom stereocenters. The molecule has 1 aliphatic heterocycles. The summed E-state index contributed by atoms with van der Waals surface area (Å²) in [6.07, 6.45) is 0.257. The van der Waals surface area contributed by atoms with E-state index in [1.807, 2.05) is 51.1 Å². The summed E-state index contributed by atoms with van der Waals surface area (Å²) in [5, 5.41) is 0. The summed E-state index contributed by atoms with van der Waals surface area (Å²) < 4.78 is 11.0. The molecule has 104 valence electrons. The molecule has 0 saturated carbocycles. The highest BCUT2D eigenvalue weighted by atomic mass is 16.7. The summed E-state index contributed by atoms with van der Waals surface area (Å²) in [6.45, 7) is 5.87. The summed E-state index contributed by atoms with van der Waals surface area (Å²) in [4.78, 5) is 12.3. The standard InChI is InChI=1S/C15H21NO3/c1-14(2,3)19-13(17)15(12(10-16)18-15)9-11-7-5-4-6-8-11/h4-8,12H,9-10,16H2,1-3H3. The third kappa shape index (κ3) is 3.14. The van der Waals surface area contributed by atoms with Crippen molar-refractivity contribution >= 4 is 5.97 Å². The molecule has 4 nitrogen and oxygen atoms in total. The van der Waals surface area contributed by atoms with Crippen molar-refractivity contribution in [3.8, 4) is 0 Å². The molecule has 0 bridgehead atoms. The molecule has 1 fully saturated rings. The SMILES string of the molecule is CC(C)(C)OC(=O)C1(Cc2ccccc2)OC1CN. The van der Waals surface area contributed by atoms with Gasteiger partial charge < -0.3 is 15.2 Å². The zero-order chi connectivity index (χ0) is 14.1. The Labute approximate surface area is 113 Å². The van der Waals surface area contributed by atoms with E-state index in [0.29, 0.717) is 13.0 Å². The van der Waals surface area contributed by atoms with E-state index in [2.05, 4.69) is 0 Å². The van der Waals surface area contributed by atoms with Gasteiger partial charge in [-0.15, -0.1) is 0 Å². The Morgan fingerprint density at radius 2 is 2.00 bits per heavy atom. The molecular weight excluding hydrogens is 242 g/mol. The van der Waals surface area contributed by atoms with Crippen molar-refractivity contribution in [2.75, 3.05) is 6.54 Å². The fraction of sp³-hybridized carbons (Fsp3) is 0.533. The normalized spacial score (nSPS) is 26.0. The molecule has 2 unspecified atom stereocenters. The molecule has 1 saturated heterocycles. The van der Waals surface area contributed by atoms with Crippen LogP contribution in [0.1, 0.15) is 26.3 Å². The number of benzene rings is 1. The van der Waals surface area contributed by atoms with E-state index in [9.17, 15) is 4.79 Å². The maximum absolute atomic E-state index is 12.3. The first-order valence-corrected chi connectivity index (χ1v) is 6.53. The highest BCUT2D eigenvalue weighted by molar-refractivity contribution is 5.84. The van der Waals surface area contributed by atoms with Gasteiger partial charge >= 0.3 is 5.97 Å². The van der Waals surface area contributed by atoms with Crippen LogP contribution >= 0.6 is 0 Å². The van der Waals surface area contributed by atoms with Crippen LogP contribution in [0.5, 0.6) is 0 Å². The number of carbonyl (C=O) groups excluding carboxylic acids is 1. The Kier molecular flexibility index (Phi) is 3.65. The van der Waals surface area contributed by atoms with E-state index in [-0.39, 0.29) is 12.1 Å². The van der Waals surface area contributed by atoms with Crippen molar-refractivity contribution in [1.82, 2.24) is 0 Å². The summed E-state index contributed by atoms with van der Waals surface area (Å²) in [5.41, 5.74) is 5.26. The van der Waals surface area contributed by atoms with Gasteiger partial charge in [0.2, 0.25) is 0 Å². The predicted molar refractivity (Wildman–Crippen MR) is 72.6 cm³/mol. The van der Waals surface area contributed by atoms with Crippen molar-refractivity contribution < 1.29 is 14.3 Å². The third-order valence-electron chi connectivity index (χ3n) is 3.08. The van der Waals surface area contributed by atoms with Gasteiger partial charge in [-0.05, 0) is 26.3 Å². The first-order valence-electron chi connectivity index (χ1n) is 6.53. The molecule has 0 radical (unpaired) electrons. The predicted octanol–water partition coefficient (Wildman–Crippen LogP) is 1.67. The molecule has 1 aromatic rings. The lowest BCUT2D eigenvalue weighted by atomic mass is 9.95. The average molecular weight is 263 g/mol. The zero-order valence-electron chi connectivity index (χ0n) is 11.7. The van der Waals surface area contributed by atoms with Gasteiger partial charge in [0, 0.05) is 13.0 Å². The van der Waals surface area contributed by atoms with E-state index in [1.165, 1.54) is 0 Å². The molecule has 2 N–H and O–H groups in total. The van der Waals surface area contributed by atoms with Crippen molar-refractivity contribution in [2.24, 2.45) is 5.73 Å². The van der Waals surface area contributed by atoms with Gasteiger partial charge in [-0.25, -0.2) is 4.79 Å². The molecule has 0 amide bonds. The maximum atomic E-state index is 12.3. The summed E-state index contributed by atoms with van der Waals surface area (Å²) >= 11 is 0. The van der Waals surface area contributed by atoms with Crippen molar-refractivity contribution in [2.45, 2.75) is 44.5 Å². The number of hydrogen-bond acceptors (Lipinski definition) is 4. The van der Waals surface area contributed by atoms with Gasteiger partial charge in [-0.3, -0.25) is 0 Å². The molecule has 1 heterocycles. The van der Waals surface area contributed by atoms with Crippen LogP contribution in [0.4, 0.5) is 0 Å². The van der Waals surface area contributed by atoms with Crippen molar-refractivity contribution in [3.05, 3.63) is 35.9 Å². The fourth-order valence-corrected chi connectivity index (χ4v) is 2.13. The van der Waals surface area contributed by atoms with E-state index in [1.54, 1.807) is 0 Å². The Morgan fingerprint density at radius 1 is 1.37 bits per heavy atom. The van der Waals surface area contributed by atoms with Crippen molar-refractivity contribution in [1.29, 1.82) is 0 Å². The molecule has 19 heavy (non-hydrogen) atoms. The Bertz CT molecular complexity index is 452. The number of esters is 1. The van der Waals surface area contributed by atoms with Crippen LogP contribution in [0.2, 0.25) is 0 Å². The Morgan fingerprint density at radius 3 is 2.47 bits per heavy atom. The largest absolute Gasteiger partial charge is 0.458 e.